The van der Waals surface area contributed by atoms with Crippen LogP contribution in [0.25, 0.3) is 0 Å². The number of carbonyl (C=O) groups excluding carboxylic acids is 3. The number of ketones is 2. The number of nitrogens with two attached hydrogens (primary N) is 1. The SMILES string of the molecule is C=CC(N)=O.CC(C)=O.CC(C)=O.O=S(=O)(O)O. The molecule has 9 heteroatoms. The molecule has 4 N–H and O–H groups in total. The fourth-order valence-electron chi connectivity index (χ4n) is 0. The summed E-state index contributed by atoms with van der Waals surface area (Å²) in [6.07, 6.45) is 1.06. The number of Topliss-reactive ketones (excluding diaryl/α,β-unsaturated/α-hetero) is 2. The third kappa shape index (κ3) is 14700. The van der Waals surface area contributed by atoms with Gasteiger partial charge in [-0.2, -0.15) is 8.42 Å². The zero-order chi connectivity index (χ0) is 15.9. The Kier molecular flexibility index (Phi) is 21.7. The van der Waals surface area contributed by atoms with Gasteiger partial charge in [-0.1, -0.05) is 6.58 Å². The Bertz CT molecular complexity index is 331. The van der Waals surface area contributed by atoms with Crippen LogP contribution in [0.4, 0.5) is 0 Å². The van der Waals surface area contributed by atoms with Crippen LogP contribution in [0.1, 0.15) is 27.7 Å². The summed E-state index contributed by atoms with van der Waals surface area (Å²) < 4.78 is 31.6. The first-order valence-electron chi connectivity index (χ1n) is 4.30. The maximum atomic E-state index is 9.47. The molecular weight excluding hydrogens is 266 g/mol. The van der Waals surface area contributed by atoms with Gasteiger partial charge in [0, 0.05) is 0 Å². The molecule has 0 saturated carbocycles. The van der Waals surface area contributed by atoms with Crippen molar-refractivity contribution in [1.29, 1.82) is 0 Å². The van der Waals surface area contributed by atoms with Crippen molar-refractivity contribution in [1.82, 2.24) is 0 Å². The number of rotatable bonds is 1. The summed E-state index contributed by atoms with van der Waals surface area (Å²) in [5.41, 5.74) is 4.53. The van der Waals surface area contributed by atoms with Gasteiger partial charge in [-0.05, 0) is 33.8 Å². The molecule has 0 fully saturated rings. The molecule has 0 heterocycles. The van der Waals surface area contributed by atoms with Crippen molar-refractivity contribution < 1.29 is 31.9 Å². The van der Waals surface area contributed by atoms with E-state index in [0.717, 1.165) is 6.08 Å². The minimum absolute atomic E-state index is 0.167. The number of hydrogen-bond acceptors (Lipinski definition) is 5. The van der Waals surface area contributed by atoms with Gasteiger partial charge in [0.15, 0.2) is 0 Å². The first-order valence-corrected chi connectivity index (χ1v) is 5.69. The Hall–Kier alpha value is -1.58. The van der Waals surface area contributed by atoms with Gasteiger partial charge in [-0.25, -0.2) is 0 Å². The van der Waals surface area contributed by atoms with Crippen molar-refractivity contribution in [2.75, 3.05) is 0 Å². The van der Waals surface area contributed by atoms with E-state index in [1.165, 1.54) is 27.7 Å². The molecule has 0 aliphatic carbocycles. The predicted octanol–water partition coefficient (Wildman–Crippen LogP) is 0.196. The standard InChI is InChI=1S/C3H5NO.2C3H6O.H2O4S/c1-2-3(4)5;2*1-3(2)4;1-5(2,3)4/h2H,1H2,(H2,4,5);2*1-2H3;(H2,1,2,3,4). The Morgan fingerprint density at radius 1 is 1.00 bits per heavy atom. The number of primary amides is 1. The smallest absolute Gasteiger partial charge is 0.366 e. The van der Waals surface area contributed by atoms with Crippen molar-refractivity contribution in [3.05, 3.63) is 12.7 Å². The first-order chi connectivity index (χ1) is 7.73. The Morgan fingerprint density at radius 3 is 1.06 bits per heavy atom. The van der Waals surface area contributed by atoms with Gasteiger partial charge in [-0.3, -0.25) is 13.9 Å². The second kappa shape index (κ2) is 15.4. The molecule has 0 radical (unpaired) electrons. The third-order valence-electron chi connectivity index (χ3n) is 0.201. The van der Waals surface area contributed by atoms with Gasteiger partial charge >= 0.3 is 10.4 Å². The summed E-state index contributed by atoms with van der Waals surface area (Å²) in [5.74, 6) is -0.148. The van der Waals surface area contributed by atoms with Crippen LogP contribution in [0.5, 0.6) is 0 Å². The lowest BCUT2D eigenvalue weighted by molar-refractivity contribution is -0.115. The molecule has 0 rings (SSSR count). The Morgan fingerprint density at radius 2 is 1.06 bits per heavy atom. The molecule has 0 bridgehead atoms. The van der Waals surface area contributed by atoms with E-state index in [4.69, 9.17) is 17.5 Å². The fraction of sp³-hybridized carbons (Fsp3) is 0.444. The minimum Gasteiger partial charge on any atom is -0.366 e. The molecule has 0 aromatic rings. The van der Waals surface area contributed by atoms with Crippen LogP contribution in [0.15, 0.2) is 12.7 Å². The van der Waals surface area contributed by atoms with Crippen LogP contribution < -0.4 is 5.73 Å². The topological polar surface area (TPSA) is 152 Å². The lowest BCUT2D eigenvalue weighted by Gasteiger charge is -1.68. The lowest BCUT2D eigenvalue weighted by atomic mass is 10.6. The summed E-state index contributed by atoms with van der Waals surface area (Å²) in [5, 5.41) is 0. The molecule has 0 aliphatic rings. The molecule has 8 nitrogen and oxygen atoms in total. The molecule has 18 heavy (non-hydrogen) atoms. The summed E-state index contributed by atoms with van der Waals surface area (Å²) in [6.45, 7) is 9.20. The highest BCUT2D eigenvalue weighted by atomic mass is 32.3. The molecule has 0 aromatic heterocycles. The average Bonchev–Trinajstić information content (AvgIpc) is 1.98. The van der Waals surface area contributed by atoms with E-state index in [1.807, 2.05) is 0 Å². The Labute approximate surface area is 106 Å². The zero-order valence-corrected chi connectivity index (χ0v) is 11.5. The van der Waals surface area contributed by atoms with Crippen molar-refractivity contribution in [2.24, 2.45) is 5.73 Å². The molecule has 1 amide bonds. The Balaban J connectivity index is -0.0000000731. The molecule has 0 aromatic carbocycles. The molecule has 0 atom stereocenters. The average molecular weight is 285 g/mol. The molecule has 0 aliphatic heterocycles. The molecular formula is C9H19NO7S. The second-order valence-corrected chi connectivity index (χ2v) is 3.77. The second-order valence-electron chi connectivity index (χ2n) is 2.87. The molecule has 108 valence electrons. The van der Waals surface area contributed by atoms with E-state index in [-0.39, 0.29) is 11.6 Å². The van der Waals surface area contributed by atoms with Crippen LogP contribution in [-0.4, -0.2) is 35.0 Å². The van der Waals surface area contributed by atoms with Crippen molar-refractivity contribution in [2.45, 2.75) is 27.7 Å². The van der Waals surface area contributed by atoms with Crippen LogP contribution in [-0.2, 0) is 24.8 Å². The first kappa shape index (κ1) is 25.3. The van der Waals surface area contributed by atoms with Gasteiger partial charge in [0.1, 0.15) is 11.6 Å². The van der Waals surface area contributed by atoms with E-state index in [9.17, 15) is 14.4 Å². The van der Waals surface area contributed by atoms with Crippen LogP contribution in [0.2, 0.25) is 0 Å². The third-order valence-corrected chi connectivity index (χ3v) is 0.201. The van der Waals surface area contributed by atoms with E-state index in [2.05, 4.69) is 12.3 Å². The van der Waals surface area contributed by atoms with Gasteiger partial charge < -0.3 is 15.3 Å². The van der Waals surface area contributed by atoms with Gasteiger partial charge in [-0.15, -0.1) is 0 Å². The minimum atomic E-state index is -4.67. The van der Waals surface area contributed by atoms with E-state index in [0.29, 0.717) is 0 Å². The highest BCUT2D eigenvalue weighted by Gasteiger charge is 1.84. The lowest BCUT2D eigenvalue weighted by Crippen LogP contribution is -2.04. The summed E-state index contributed by atoms with van der Waals surface area (Å²) in [4.78, 5) is 28.4. The van der Waals surface area contributed by atoms with Crippen LogP contribution in [0.3, 0.4) is 0 Å². The predicted molar refractivity (Wildman–Crippen MR) is 66.3 cm³/mol. The molecule has 0 unspecified atom stereocenters. The van der Waals surface area contributed by atoms with Gasteiger partial charge in [0.05, 0.1) is 0 Å². The van der Waals surface area contributed by atoms with Gasteiger partial charge in [0.2, 0.25) is 5.91 Å². The normalized spacial score (nSPS) is 7.89. The quantitative estimate of drug-likeness (QED) is 0.459. The molecule has 0 spiro atoms. The maximum Gasteiger partial charge on any atom is 0.394 e. The summed E-state index contributed by atoms with van der Waals surface area (Å²) in [6, 6.07) is 0. The summed E-state index contributed by atoms with van der Waals surface area (Å²) in [7, 11) is -4.67. The van der Waals surface area contributed by atoms with E-state index in [1.54, 1.807) is 0 Å². The van der Waals surface area contributed by atoms with Crippen LogP contribution >= 0.6 is 0 Å². The highest BCUT2D eigenvalue weighted by molar-refractivity contribution is 7.79. The zero-order valence-electron chi connectivity index (χ0n) is 10.7. The summed E-state index contributed by atoms with van der Waals surface area (Å²) >= 11 is 0. The van der Waals surface area contributed by atoms with Crippen LogP contribution in [0, 0.1) is 0 Å². The largest absolute Gasteiger partial charge is 0.394 e. The van der Waals surface area contributed by atoms with E-state index >= 15 is 0 Å². The van der Waals surface area contributed by atoms with Crippen molar-refractivity contribution in [3.63, 3.8) is 0 Å². The number of carbonyl (C=O) groups is 3. The van der Waals surface area contributed by atoms with E-state index < -0.39 is 16.3 Å². The number of hydrogen-bond donors (Lipinski definition) is 3. The fourth-order valence-corrected chi connectivity index (χ4v) is 0. The van der Waals surface area contributed by atoms with Crippen molar-refractivity contribution >= 4 is 27.9 Å². The number of amides is 1. The van der Waals surface area contributed by atoms with Gasteiger partial charge in [0.25, 0.3) is 0 Å². The maximum absolute atomic E-state index is 9.47. The monoisotopic (exact) mass is 285 g/mol. The molecule has 0 saturated heterocycles. The van der Waals surface area contributed by atoms with Crippen molar-refractivity contribution in [3.8, 4) is 0 Å². The highest BCUT2D eigenvalue weighted by Crippen LogP contribution is 1.59.